The first-order valence-electron chi connectivity index (χ1n) is 4.56. The van der Waals surface area contributed by atoms with Crippen molar-refractivity contribution in [3.63, 3.8) is 0 Å². The van der Waals surface area contributed by atoms with Crippen molar-refractivity contribution in [1.29, 1.82) is 0 Å². The van der Waals surface area contributed by atoms with E-state index in [9.17, 15) is 4.79 Å². The molecule has 0 saturated carbocycles. The number of hydrogen-bond donors (Lipinski definition) is 1. The minimum absolute atomic E-state index is 0.0439. The number of ether oxygens (including phenoxy) is 1. The van der Waals surface area contributed by atoms with Gasteiger partial charge in [-0.2, -0.15) is 0 Å². The molecule has 0 aliphatic rings. The van der Waals surface area contributed by atoms with Gasteiger partial charge < -0.3 is 10.1 Å². The molecule has 0 aliphatic heterocycles. The van der Waals surface area contributed by atoms with E-state index in [2.05, 4.69) is 5.32 Å². The van der Waals surface area contributed by atoms with E-state index in [0.29, 0.717) is 10.7 Å². The molecule has 1 rings (SSSR count). The van der Waals surface area contributed by atoms with Crippen molar-refractivity contribution >= 4 is 28.7 Å². The molecule has 0 saturated heterocycles. The van der Waals surface area contributed by atoms with Gasteiger partial charge in [0.15, 0.2) is 0 Å². The number of methoxy groups -OCH3 is 1. The van der Waals surface area contributed by atoms with Crippen LogP contribution >= 0.6 is 12.2 Å². The van der Waals surface area contributed by atoms with Gasteiger partial charge in [-0.1, -0.05) is 24.4 Å². The van der Waals surface area contributed by atoms with Crippen LogP contribution in [-0.4, -0.2) is 17.9 Å². The zero-order chi connectivity index (χ0) is 11.3. The van der Waals surface area contributed by atoms with Gasteiger partial charge in [0.05, 0.1) is 24.2 Å². The summed E-state index contributed by atoms with van der Waals surface area (Å²) in [4.78, 5) is 11.3. The van der Waals surface area contributed by atoms with Crippen LogP contribution in [0.3, 0.4) is 0 Å². The fourth-order valence-corrected chi connectivity index (χ4v) is 1.48. The van der Waals surface area contributed by atoms with Gasteiger partial charge in [-0.25, -0.2) is 0 Å². The van der Waals surface area contributed by atoms with Gasteiger partial charge in [-0.3, -0.25) is 4.79 Å². The summed E-state index contributed by atoms with van der Waals surface area (Å²) in [6, 6.07) is 7.43. The number of nitrogens with one attached hydrogen (secondary N) is 1. The molecule has 3 nitrogen and oxygen atoms in total. The van der Waals surface area contributed by atoms with E-state index in [1.165, 1.54) is 6.92 Å². The number of benzene rings is 1. The summed E-state index contributed by atoms with van der Waals surface area (Å²) in [6.07, 6.45) is 0.257. The summed E-state index contributed by atoms with van der Waals surface area (Å²) in [6.45, 7) is 1.51. The van der Waals surface area contributed by atoms with Gasteiger partial charge in [0.25, 0.3) is 0 Å². The third-order valence-electron chi connectivity index (χ3n) is 1.79. The van der Waals surface area contributed by atoms with E-state index >= 15 is 0 Å². The number of rotatable bonds is 4. The highest BCUT2D eigenvalue weighted by atomic mass is 32.1. The molecule has 0 aliphatic carbocycles. The van der Waals surface area contributed by atoms with Crippen LogP contribution in [0.25, 0.3) is 0 Å². The normalized spacial score (nSPS) is 9.47. The van der Waals surface area contributed by atoms with Crippen LogP contribution in [0.15, 0.2) is 24.3 Å². The fraction of sp³-hybridized carbons (Fsp3) is 0.273. The van der Waals surface area contributed by atoms with Crippen LogP contribution in [0.1, 0.15) is 13.3 Å². The molecule has 1 aromatic carbocycles. The first kappa shape index (κ1) is 11.7. The highest BCUT2D eigenvalue weighted by Gasteiger charge is 2.05. The molecule has 80 valence electrons. The van der Waals surface area contributed by atoms with Gasteiger partial charge in [0.2, 0.25) is 0 Å². The van der Waals surface area contributed by atoms with Crippen molar-refractivity contribution in [1.82, 2.24) is 0 Å². The number of hydrogen-bond acceptors (Lipinski definition) is 3. The lowest BCUT2D eigenvalue weighted by atomic mass is 10.2. The summed E-state index contributed by atoms with van der Waals surface area (Å²) < 4.78 is 5.14. The Hall–Kier alpha value is -1.42. The zero-order valence-corrected chi connectivity index (χ0v) is 9.56. The summed E-state index contributed by atoms with van der Waals surface area (Å²) in [5.41, 5.74) is 0.784. The van der Waals surface area contributed by atoms with Crippen molar-refractivity contribution in [2.45, 2.75) is 13.3 Å². The second kappa shape index (κ2) is 5.46. The maximum atomic E-state index is 10.8. The van der Waals surface area contributed by atoms with E-state index in [4.69, 9.17) is 17.0 Å². The molecule has 0 aromatic heterocycles. The first-order valence-corrected chi connectivity index (χ1v) is 4.96. The van der Waals surface area contributed by atoms with Gasteiger partial charge in [0, 0.05) is 0 Å². The number of thiocarbonyl (C=S) groups is 1. The largest absolute Gasteiger partial charge is 0.495 e. The first-order chi connectivity index (χ1) is 7.13. The molecule has 0 amide bonds. The van der Waals surface area contributed by atoms with Gasteiger partial charge in [-0.05, 0) is 19.1 Å². The quantitative estimate of drug-likeness (QED) is 0.795. The molecule has 0 atom stereocenters. The molecule has 15 heavy (non-hydrogen) atoms. The molecular weight excluding hydrogens is 210 g/mol. The second-order valence-electron chi connectivity index (χ2n) is 3.13. The molecule has 0 unspecified atom stereocenters. The monoisotopic (exact) mass is 223 g/mol. The lowest BCUT2D eigenvalue weighted by Crippen LogP contribution is -2.13. The number of ketones is 1. The van der Waals surface area contributed by atoms with E-state index in [-0.39, 0.29) is 12.2 Å². The van der Waals surface area contributed by atoms with E-state index in [0.717, 1.165) is 5.69 Å². The Morgan fingerprint density at radius 2 is 2.13 bits per heavy atom. The second-order valence-corrected chi connectivity index (χ2v) is 3.62. The molecule has 0 bridgehead atoms. The lowest BCUT2D eigenvalue weighted by Gasteiger charge is -2.10. The number of Topliss-reactive ketones (excluding diaryl/α,β-unsaturated/α-hetero) is 1. The SMILES string of the molecule is COc1ccccc1NC(=S)CC(C)=O. The lowest BCUT2D eigenvalue weighted by molar-refractivity contribution is -0.115. The Morgan fingerprint density at radius 1 is 1.47 bits per heavy atom. The maximum absolute atomic E-state index is 10.8. The molecule has 1 N–H and O–H groups in total. The van der Waals surface area contributed by atoms with Gasteiger partial charge in [0.1, 0.15) is 11.5 Å². The van der Waals surface area contributed by atoms with E-state index in [1.54, 1.807) is 7.11 Å². The predicted molar refractivity (Wildman–Crippen MR) is 64.5 cm³/mol. The maximum Gasteiger partial charge on any atom is 0.142 e. The average Bonchev–Trinajstić information content (AvgIpc) is 2.17. The Morgan fingerprint density at radius 3 is 2.73 bits per heavy atom. The summed E-state index contributed by atoms with van der Waals surface area (Å²) in [5, 5.41) is 2.98. The van der Waals surface area contributed by atoms with E-state index in [1.807, 2.05) is 24.3 Å². The van der Waals surface area contributed by atoms with E-state index < -0.39 is 0 Å². The van der Waals surface area contributed by atoms with Crippen molar-refractivity contribution in [2.75, 3.05) is 12.4 Å². The highest BCUT2D eigenvalue weighted by molar-refractivity contribution is 7.80. The zero-order valence-electron chi connectivity index (χ0n) is 8.74. The topological polar surface area (TPSA) is 38.3 Å². The number of para-hydroxylation sites is 2. The summed E-state index contributed by atoms with van der Waals surface area (Å²) in [5.74, 6) is 0.755. The highest BCUT2D eigenvalue weighted by Crippen LogP contribution is 2.23. The number of carbonyl (C=O) groups excluding carboxylic acids is 1. The predicted octanol–water partition coefficient (Wildman–Crippen LogP) is 2.41. The molecule has 1 aromatic rings. The smallest absolute Gasteiger partial charge is 0.142 e. The van der Waals surface area contributed by atoms with Crippen LogP contribution in [0, 0.1) is 0 Å². The van der Waals surface area contributed by atoms with Crippen molar-refractivity contribution in [2.24, 2.45) is 0 Å². The standard InChI is InChI=1S/C11H13NO2S/c1-8(13)7-11(15)12-9-5-3-4-6-10(9)14-2/h3-6H,7H2,1-2H3,(H,12,15). The Kier molecular flexibility index (Phi) is 4.24. The fourth-order valence-electron chi connectivity index (χ4n) is 1.17. The minimum Gasteiger partial charge on any atom is -0.495 e. The van der Waals surface area contributed by atoms with Crippen LogP contribution in [0.5, 0.6) is 5.75 Å². The van der Waals surface area contributed by atoms with Crippen LogP contribution in [0.4, 0.5) is 5.69 Å². The van der Waals surface area contributed by atoms with Crippen molar-refractivity contribution < 1.29 is 9.53 Å². The molecule has 0 fully saturated rings. The summed E-state index contributed by atoms with van der Waals surface area (Å²) >= 11 is 5.03. The Balaban J connectivity index is 2.71. The van der Waals surface area contributed by atoms with Crippen molar-refractivity contribution in [3.05, 3.63) is 24.3 Å². The van der Waals surface area contributed by atoms with Crippen LogP contribution < -0.4 is 10.1 Å². The molecule has 0 radical (unpaired) electrons. The number of anilines is 1. The Labute approximate surface area is 94.4 Å². The van der Waals surface area contributed by atoms with Gasteiger partial charge in [-0.15, -0.1) is 0 Å². The summed E-state index contributed by atoms with van der Waals surface area (Å²) in [7, 11) is 1.59. The average molecular weight is 223 g/mol. The Bertz CT molecular complexity index is 377. The molecule has 4 heteroatoms. The van der Waals surface area contributed by atoms with Crippen LogP contribution in [0.2, 0.25) is 0 Å². The molecule has 0 heterocycles. The minimum atomic E-state index is 0.0439. The third kappa shape index (κ3) is 3.67. The van der Waals surface area contributed by atoms with Crippen LogP contribution in [-0.2, 0) is 4.79 Å². The molecular formula is C11H13NO2S. The van der Waals surface area contributed by atoms with Crippen molar-refractivity contribution in [3.8, 4) is 5.75 Å². The number of carbonyl (C=O) groups is 1. The van der Waals surface area contributed by atoms with Gasteiger partial charge >= 0.3 is 0 Å². The third-order valence-corrected chi connectivity index (χ3v) is 2.04. The molecule has 0 spiro atoms.